The minimum atomic E-state index is 0.0780. The van der Waals surface area contributed by atoms with Crippen molar-refractivity contribution >= 4 is 16.9 Å². The van der Waals surface area contributed by atoms with Crippen LogP contribution in [0.4, 0.5) is 0 Å². The number of fused-ring (bicyclic) bond motifs is 1. The van der Waals surface area contributed by atoms with Gasteiger partial charge in [-0.2, -0.15) is 0 Å². The maximum atomic E-state index is 12.1. The average molecular weight is 343 g/mol. The van der Waals surface area contributed by atoms with Crippen molar-refractivity contribution in [2.45, 2.75) is 31.3 Å². The van der Waals surface area contributed by atoms with Gasteiger partial charge in [-0.3, -0.25) is 14.6 Å². The number of carbonyl (C=O) groups is 1. The van der Waals surface area contributed by atoms with Crippen LogP contribution in [0.5, 0.6) is 0 Å². The van der Waals surface area contributed by atoms with Crippen molar-refractivity contribution in [2.24, 2.45) is 0 Å². The van der Waals surface area contributed by atoms with Gasteiger partial charge < -0.3 is 4.90 Å². The average Bonchev–Trinajstić information content (AvgIpc) is 3.05. The van der Waals surface area contributed by atoms with Gasteiger partial charge in [-0.05, 0) is 41.8 Å². The van der Waals surface area contributed by atoms with Crippen LogP contribution in [-0.4, -0.2) is 76.7 Å². The van der Waals surface area contributed by atoms with E-state index >= 15 is 0 Å². The van der Waals surface area contributed by atoms with Crippen LogP contribution in [0.3, 0.4) is 0 Å². The topological polar surface area (TPSA) is 65.7 Å². The molecule has 0 radical (unpaired) electrons. The Labute approximate surface area is 147 Å². The van der Waals surface area contributed by atoms with Crippen LogP contribution in [0.1, 0.15) is 24.8 Å². The van der Waals surface area contributed by atoms with E-state index in [0.717, 1.165) is 62.2 Å². The van der Waals surface area contributed by atoms with Crippen molar-refractivity contribution in [1.82, 2.24) is 25.0 Å². The molecule has 7 nitrogen and oxygen atoms in total. The number of amides is 1. The molecule has 2 aliphatic heterocycles. The van der Waals surface area contributed by atoms with Crippen LogP contribution in [-0.2, 0) is 11.3 Å². The SMILES string of the molecule is CN1CC[C@]2(CCC1=O)CN(Cc1cccc3nonc13)CCN2C. The number of piperazine rings is 1. The highest BCUT2D eigenvalue weighted by Gasteiger charge is 2.41. The molecule has 1 amide bonds. The Balaban J connectivity index is 1.54. The number of hydrogen-bond donors (Lipinski definition) is 0. The number of carbonyl (C=O) groups excluding carboxylic acids is 1. The Bertz CT molecular complexity index is 776. The standard InChI is InChI=1S/C18H25N5O2/c1-21-9-8-18(7-6-16(21)24)13-23(11-10-22(18)2)12-14-4-3-5-15-17(14)20-25-19-15/h3-5H,6-13H2,1-2H3/t18-/m1/s1. The molecule has 4 rings (SSSR count). The Kier molecular flexibility index (Phi) is 4.21. The lowest BCUT2D eigenvalue weighted by Crippen LogP contribution is -2.60. The van der Waals surface area contributed by atoms with Gasteiger partial charge in [0.05, 0.1) is 0 Å². The van der Waals surface area contributed by atoms with Crippen LogP contribution in [0.25, 0.3) is 11.0 Å². The van der Waals surface area contributed by atoms with Crippen LogP contribution < -0.4 is 0 Å². The van der Waals surface area contributed by atoms with Crippen molar-refractivity contribution < 1.29 is 9.42 Å². The van der Waals surface area contributed by atoms with E-state index in [2.05, 4.69) is 33.2 Å². The lowest BCUT2D eigenvalue weighted by atomic mass is 9.86. The molecule has 0 bridgehead atoms. The highest BCUT2D eigenvalue weighted by Crippen LogP contribution is 2.32. The van der Waals surface area contributed by atoms with Crippen LogP contribution in [0, 0.1) is 0 Å². The Morgan fingerprint density at radius 3 is 2.92 bits per heavy atom. The molecule has 1 atom stereocenters. The van der Waals surface area contributed by atoms with Crippen molar-refractivity contribution in [1.29, 1.82) is 0 Å². The number of aromatic nitrogens is 2. The molecular formula is C18H25N5O2. The lowest BCUT2D eigenvalue weighted by molar-refractivity contribution is -0.129. The zero-order valence-electron chi connectivity index (χ0n) is 14.9. The van der Waals surface area contributed by atoms with Gasteiger partial charge in [0.1, 0.15) is 11.0 Å². The molecule has 2 saturated heterocycles. The molecule has 134 valence electrons. The first-order chi connectivity index (χ1) is 12.1. The summed E-state index contributed by atoms with van der Waals surface area (Å²) in [6.07, 6.45) is 2.59. The summed E-state index contributed by atoms with van der Waals surface area (Å²) in [6.45, 7) is 4.69. The predicted octanol–water partition coefficient (Wildman–Crippen LogP) is 1.35. The van der Waals surface area contributed by atoms with Gasteiger partial charge in [0.15, 0.2) is 0 Å². The van der Waals surface area contributed by atoms with Crippen LogP contribution >= 0.6 is 0 Å². The van der Waals surface area contributed by atoms with Gasteiger partial charge in [-0.1, -0.05) is 12.1 Å². The number of hydrogen-bond acceptors (Lipinski definition) is 6. The third-order valence-corrected chi connectivity index (χ3v) is 5.99. The molecule has 0 aliphatic carbocycles. The highest BCUT2D eigenvalue weighted by molar-refractivity contribution is 5.77. The van der Waals surface area contributed by atoms with Crippen molar-refractivity contribution in [3.8, 4) is 0 Å². The second-order valence-electron chi connectivity index (χ2n) is 7.47. The van der Waals surface area contributed by atoms with Gasteiger partial charge >= 0.3 is 0 Å². The van der Waals surface area contributed by atoms with Gasteiger partial charge in [-0.15, -0.1) is 0 Å². The molecule has 1 spiro atoms. The zero-order chi connectivity index (χ0) is 17.4. The fraction of sp³-hybridized carbons (Fsp3) is 0.611. The molecule has 1 aromatic heterocycles. The van der Waals surface area contributed by atoms with Crippen molar-refractivity contribution in [3.05, 3.63) is 23.8 Å². The molecule has 0 N–H and O–H groups in total. The van der Waals surface area contributed by atoms with Gasteiger partial charge in [0.2, 0.25) is 5.91 Å². The Morgan fingerprint density at radius 1 is 1.16 bits per heavy atom. The van der Waals surface area contributed by atoms with Crippen LogP contribution in [0.2, 0.25) is 0 Å². The van der Waals surface area contributed by atoms with Crippen LogP contribution in [0.15, 0.2) is 22.8 Å². The molecule has 2 aliphatic rings. The summed E-state index contributed by atoms with van der Waals surface area (Å²) in [5, 5.41) is 8.00. The van der Waals surface area contributed by atoms with E-state index in [1.165, 1.54) is 0 Å². The third-order valence-electron chi connectivity index (χ3n) is 5.99. The zero-order valence-corrected chi connectivity index (χ0v) is 14.9. The molecule has 0 unspecified atom stereocenters. The Hall–Kier alpha value is -1.99. The number of likely N-dealkylation sites (tertiary alicyclic amines) is 1. The Morgan fingerprint density at radius 2 is 2.04 bits per heavy atom. The summed E-state index contributed by atoms with van der Waals surface area (Å²) in [6, 6.07) is 6.03. The number of likely N-dealkylation sites (N-methyl/N-ethyl adjacent to an activating group) is 1. The third kappa shape index (κ3) is 3.02. The first-order valence-electron chi connectivity index (χ1n) is 8.95. The number of benzene rings is 1. The summed E-state index contributed by atoms with van der Waals surface area (Å²) < 4.78 is 4.89. The molecular weight excluding hydrogens is 318 g/mol. The monoisotopic (exact) mass is 343 g/mol. The number of nitrogens with zero attached hydrogens (tertiary/aromatic N) is 5. The molecule has 3 heterocycles. The van der Waals surface area contributed by atoms with E-state index in [-0.39, 0.29) is 11.4 Å². The molecule has 0 saturated carbocycles. The smallest absolute Gasteiger partial charge is 0.222 e. The second kappa shape index (κ2) is 6.38. The fourth-order valence-electron chi connectivity index (χ4n) is 4.21. The molecule has 1 aromatic carbocycles. The van der Waals surface area contributed by atoms with Gasteiger partial charge in [0.25, 0.3) is 0 Å². The minimum Gasteiger partial charge on any atom is -0.346 e. The summed E-state index contributed by atoms with van der Waals surface area (Å²) >= 11 is 0. The fourth-order valence-corrected chi connectivity index (χ4v) is 4.21. The molecule has 2 aromatic rings. The maximum absolute atomic E-state index is 12.1. The van der Waals surface area contributed by atoms with E-state index in [4.69, 9.17) is 4.63 Å². The molecule has 2 fully saturated rings. The number of rotatable bonds is 2. The van der Waals surface area contributed by atoms with Gasteiger partial charge in [0, 0.05) is 51.7 Å². The summed E-state index contributed by atoms with van der Waals surface area (Å²) in [5.74, 6) is 0.265. The first kappa shape index (κ1) is 16.5. The summed E-state index contributed by atoms with van der Waals surface area (Å²) in [7, 11) is 4.12. The minimum absolute atomic E-state index is 0.0780. The van der Waals surface area contributed by atoms with Crippen molar-refractivity contribution in [3.63, 3.8) is 0 Å². The summed E-state index contributed by atoms with van der Waals surface area (Å²) in [4.78, 5) is 18.9. The second-order valence-corrected chi connectivity index (χ2v) is 7.47. The van der Waals surface area contributed by atoms with E-state index in [1.54, 1.807) is 0 Å². The summed E-state index contributed by atoms with van der Waals surface area (Å²) in [5.41, 5.74) is 2.89. The first-order valence-corrected chi connectivity index (χ1v) is 8.95. The molecule has 25 heavy (non-hydrogen) atoms. The highest BCUT2D eigenvalue weighted by atomic mass is 16.6. The predicted molar refractivity (Wildman–Crippen MR) is 93.9 cm³/mol. The lowest BCUT2D eigenvalue weighted by Gasteiger charge is -2.49. The maximum Gasteiger partial charge on any atom is 0.222 e. The van der Waals surface area contributed by atoms with Gasteiger partial charge in [-0.25, -0.2) is 4.63 Å². The largest absolute Gasteiger partial charge is 0.346 e. The van der Waals surface area contributed by atoms with E-state index < -0.39 is 0 Å². The normalized spacial score (nSPS) is 26.5. The van der Waals surface area contributed by atoms with E-state index in [0.29, 0.717) is 6.42 Å². The quantitative estimate of drug-likeness (QED) is 0.820. The van der Waals surface area contributed by atoms with E-state index in [1.807, 2.05) is 24.1 Å². The van der Waals surface area contributed by atoms with Crippen molar-refractivity contribution in [2.75, 3.05) is 40.3 Å². The molecule has 7 heteroatoms. The van der Waals surface area contributed by atoms with E-state index in [9.17, 15) is 4.79 Å².